The van der Waals surface area contributed by atoms with Crippen LogP contribution in [-0.4, -0.2) is 28.7 Å². The van der Waals surface area contributed by atoms with E-state index >= 15 is 0 Å². The standard InChI is InChI=1S/C27H20ClN3O3/c28-17-10-12-18(13-11-17)29-25(32)24-22-21(23-20-9-5-4-6-16(20)14-15-30(23)24)26(33)31(27(22)34)19-7-2-1-3-8-19/h1-15,21-24H,(H,29,32)/t21-,22+,23?,24-/m0/s1. The lowest BCUT2D eigenvalue weighted by atomic mass is 9.84. The molecule has 4 atom stereocenters. The van der Waals surface area contributed by atoms with Gasteiger partial charge in [0.2, 0.25) is 17.7 Å². The molecule has 0 saturated carbocycles. The zero-order valence-corrected chi connectivity index (χ0v) is 18.7. The number of imide groups is 1. The van der Waals surface area contributed by atoms with E-state index in [9.17, 15) is 14.4 Å². The number of halogens is 1. The van der Waals surface area contributed by atoms with Crippen LogP contribution < -0.4 is 10.2 Å². The Labute approximate surface area is 201 Å². The van der Waals surface area contributed by atoms with Crippen LogP contribution in [0.25, 0.3) is 6.08 Å². The SMILES string of the molecule is O=C(Nc1ccc(Cl)cc1)[C@@H]1[C@@H]2C(=O)N(c3ccccc3)C(=O)[C@@H]2C2c3ccccc3C=CN21. The Kier molecular flexibility index (Phi) is 4.78. The second kappa shape index (κ2) is 7.85. The van der Waals surface area contributed by atoms with Gasteiger partial charge in [0.15, 0.2) is 0 Å². The van der Waals surface area contributed by atoms with Gasteiger partial charge in [-0.3, -0.25) is 14.4 Å². The Hall–Kier alpha value is -3.90. The van der Waals surface area contributed by atoms with Crippen molar-refractivity contribution in [3.63, 3.8) is 0 Å². The molecule has 168 valence electrons. The van der Waals surface area contributed by atoms with Gasteiger partial charge in [0.25, 0.3) is 0 Å². The van der Waals surface area contributed by atoms with Gasteiger partial charge in [-0.1, -0.05) is 54.1 Å². The summed E-state index contributed by atoms with van der Waals surface area (Å²) in [6.07, 6.45) is 3.77. The lowest BCUT2D eigenvalue weighted by Gasteiger charge is -2.35. The number of rotatable bonds is 3. The molecule has 0 radical (unpaired) electrons. The minimum Gasteiger partial charge on any atom is -0.357 e. The lowest BCUT2D eigenvalue weighted by molar-refractivity contribution is -0.128. The zero-order chi connectivity index (χ0) is 23.4. The molecule has 3 aliphatic rings. The number of carbonyl (C=O) groups excluding carboxylic acids is 3. The first-order valence-corrected chi connectivity index (χ1v) is 11.5. The predicted molar refractivity (Wildman–Crippen MR) is 130 cm³/mol. The molecular formula is C27H20ClN3O3. The summed E-state index contributed by atoms with van der Waals surface area (Å²) >= 11 is 5.98. The van der Waals surface area contributed by atoms with E-state index in [1.54, 1.807) is 48.5 Å². The van der Waals surface area contributed by atoms with E-state index < -0.39 is 23.9 Å². The number of nitrogens with one attached hydrogen (secondary N) is 1. The van der Waals surface area contributed by atoms with Crippen molar-refractivity contribution in [1.29, 1.82) is 0 Å². The maximum atomic E-state index is 13.7. The summed E-state index contributed by atoms with van der Waals surface area (Å²) in [6.45, 7) is 0. The second-order valence-corrected chi connectivity index (χ2v) is 9.11. The van der Waals surface area contributed by atoms with Crippen LogP contribution in [-0.2, 0) is 14.4 Å². The molecule has 6 nitrogen and oxygen atoms in total. The van der Waals surface area contributed by atoms with E-state index in [4.69, 9.17) is 11.6 Å². The van der Waals surface area contributed by atoms with Crippen LogP contribution in [0.4, 0.5) is 11.4 Å². The first kappa shape index (κ1) is 20.7. The van der Waals surface area contributed by atoms with Gasteiger partial charge in [-0.25, -0.2) is 4.90 Å². The van der Waals surface area contributed by atoms with Crippen molar-refractivity contribution in [2.45, 2.75) is 12.1 Å². The van der Waals surface area contributed by atoms with Gasteiger partial charge >= 0.3 is 0 Å². The molecule has 1 N–H and O–H groups in total. The average molecular weight is 470 g/mol. The summed E-state index contributed by atoms with van der Waals surface area (Å²) in [5, 5.41) is 3.48. The third-order valence-electron chi connectivity index (χ3n) is 6.86. The molecule has 1 unspecified atom stereocenters. The van der Waals surface area contributed by atoms with Gasteiger partial charge in [0, 0.05) is 16.9 Å². The zero-order valence-electron chi connectivity index (χ0n) is 18.0. The highest BCUT2D eigenvalue weighted by Gasteiger charge is 2.64. The minimum atomic E-state index is -0.833. The number of hydrogen-bond donors (Lipinski definition) is 1. The molecule has 6 rings (SSSR count). The maximum absolute atomic E-state index is 13.7. The van der Waals surface area contributed by atoms with E-state index in [0.717, 1.165) is 11.1 Å². The summed E-state index contributed by atoms with van der Waals surface area (Å²) in [4.78, 5) is 44.2. The highest BCUT2D eigenvalue weighted by molar-refractivity contribution is 6.30. The third-order valence-corrected chi connectivity index (χ3v) is 7.11. The van der Waals surface area contributed by atoms with Crippen LogP contribution in [0.5, 0.6) is 0 Å². The fourth-order valence-electron chi connectivity index (χ4n) is 5.44. The Morgan fingerprint density at radius 3 is 2.26 bits per heavy atom. The van der Waals surface area contributed by atoms with E-state index in [0.29, 0.717) is 16.4 Å². The molecule has 0 spiro atoms. The average Bonchev–Trinajstić information content (AvgIpc) is 3.33. The smallest absolute Gasteiger partial charge is 0.247 e. The van der Waals surface area contributed by atoms with Crippen LogP contribution in [0.1, 0.15) is 17.2 Å². The number of amides is 3. The van der Waals surface area contributed by atoms with Gasteiger partial charge in [-0.2, -0.15) is 0 Å². The maximum Gasteiger partial charge on any atom is 0.247 e. The Morgan fingerprint density at radius 1 is 0.824 bits per heavy atom. The van der Waals surface area contributed by atoms with Gasteiger partial charge in [0.05, 0.1) is 23.6 Å². The third kappa shape index (κ3) is 3.06. The van der Waals surface area contributed by atoms with Crippen LogP contribution in [0.3, 0.4) is 0 Å². The lowest BCUT2D eigenvalue weighted by Crippen LogP contribution is -2.46. The first-order valence-electron chi connectivity index (χ1n) is 11.1. The topological polar surface area (TPSA) is 69.7 Å². The van der Waals surface area contributed by atoms with Crippen molar-refractivity contribution in [2.24, 2.45) is 11.8 Å². The number of fused-ring (bicyclic) bond motifs is 5. The highest BCUT2D eigenvalue weighted by Crippen LogP contribution is 2.53. The van der Waals surface area contributed by atoms with E-state index in [-0.39, 0.29) is 17.7 Å². The summed E-state index contributed by atoms with van der Waals surface area (Å²) in [5.74, 6) is -2.43. The minimum absolute atomic E-state index is 0.275. The van der Waals surface area contributed by atoms with E-state index in [1.807, 2.05) is 47.5 Å². The number of nitrogens with zero attached hydrogens (tertiary/aromatic N) is 2. The predicted octanol–water partition coefficient (Wildman–Crippen LogP) is 4.49. The van der Waals surface area contributed by atoms with Crippen LogP contribution in [0.2, 0.25) is 5.02 Å². The molecule has 3 amide bonds. The first-order chi connectivity index (χ1) is 16.5. The summed E-state index contributed by atoms with van der Waals surface area (Å²) < 4.78 is 0. The molecule has 7 heteroatoms. The van der Waals surface area contributed by atoms with E-state index in [2.05, 4.69) is 5.32 Å². The summed E-state index contributed by atoms with van der Waals surface area (Å²) in [7, 11) is 0. The van der Waals surface area contributed by atoms with Gasteiger partial charge in [-0.15, -0.1) is 0 Å². The van der Waals surface area contributed by atoms with Crippen molar-refractivity contribution >= 4 is 46.8 Å². The fraction of sp³-hybridized carbons (Fsp3) is 0.148. The van der Waals surface area contributed by atoms with Gasteiger partial charge < -0.3 is 10.2 Å². The number of anilines is 2. The number of hydrogen-bond acceptors (Lipinski definition) is 4. The fourth-order valence-corrected chi connectivity index (χ4v) is 5.56. The summed E-state index contributed by atoms with van der Waals surface area (Å²) in [6, 6.07) is 22.3. The molecule has 2 fully saturated rings. The van der Waals surface area contributed by atoms with Gasteiger partial charge in [-0.05, 0) is 53.6 Å². The molecule has 0 bridgehead atoms. The van der Waals surface area contributed by atoms with Crippen molar-refractivity contribution < 1.29 is 14.4 Å². The largest absolute Gasteiger partial charge is 0.357 e. The van der Waals surface area contributed by atoms with Crippen LogP contribution in [0, 0.1) is 11.8 Å². The van der Waals surface area contributed by atoms with Crippen molar-refractivity contribution in [2.75, 3.05) is 10.2 Å². The number of carbonyl (C=O) groups is 3. The molecule has 0 aliphatic carbocycles. The molecule has 3 aromatic rings. The Balaban J connectivity index is 1.44. The second-order valence-electron chi connectivity index (χ2n) is 8.68. The molecule has 3 aromatic carbocycles. The van der Waals surface area contributed by atoms with Crippen molar-refractivity contribution in [3.05, 3.63) is 101 Å². The van der Waals surface area contributed by atoms with E-state index in [1.165, 1.54) is 4.90 Å². The molecule has 3 heterocycles. The molecular weight excluding hydrogens is 450 g/mol. The van der Waals surface area contributed by atoms with Crippen LogP contribution in [0.15, 0.2) is 85.1 Å². The van der Waals surface area contributed by atoms with Crippen LogP contribution >= 0.6 is 11.6 Å². The van der Waals surface area contributed by atoms with Crippen molar-refractivity contribution in [3.8, 4) is 0 Å². The molecule has 34 heavy (non-hydrogen) atoms. The number of benzene rings is 3. The molecule has 0 aromatic heterocycles. The van der Waals surface area contributed by atoms with Crippen molar-refractivity contribution in [1.82, 2.24) is 4.90 Å². The number of para-hydroxylation sites is 1. The molecule has 3 aliphatic heterocycles. The normalized spacial score (nSPS) is 24.6. The highest BCUT2D eigenvalue weighted by atomic mass is 35.5. The van der Waals surface area contributed by atoms with Gasteiger partial charge in [0.1, 0.15) is 6.04 Å². The Morgan fingerprint density at radius 2 is 1.50 bits per heavy atom. The molecule has 2 saturated heterocycles. The monoisotopic (exact) mass is 469 g/mol. The summed E-state index contributed by atoms with van der Waals surface area (Å²) in [5.41, 5.74) is 3.03. The quantitative estimate of drug-likeness (QED) is 0.574. The Bertz CT molecular complexity index is 1340.